The number of nitrogens with one attached hydrogen (secondary N) is 2. The molecule has 0 radical (unpaired) electrons. The summed E-state index contributed by atoms with van der Waals surface area (Å²) in [6.07, 6.45) is 7.27. The molecule has 42 heavy (non-hydrogen) atoms. The molecule has 3 aliphatic rings. The first-order valence-electron chi connectivity index (χ1n) is 14.4. The van der Waals surface area contributed by atoms with Gasteiger partial charge in [0.1, 0.15) is 5.57 Å². The van der Waals surface area contributed by atoms with Crippen molar-refractivity contribution in [2.24, 2.45) is 0 Å². The third kappa shape index (κ3) is 6.04. The fourth-order valence-corrected chi connectivity index (χ4v) is 6.95. The van der Waals surface area contributed by atoms with E-state index in [9.17, 15) is 18.0 Å². The number of carbonyl (C=O) groups is 2. The lowest BCUT2D eigenvalue weighted by atomic mass is 9.76. The smallest absolute Gasteiger partial charge is 0.334 e. The van der Waals surface area contributed by atoms with Gasteiger partial charge in [-0.1, -0.05) is 43.7 Å². The number of aryl methyl sites for hydroxylation is 3. The molecule has 0 spiro atoms. The summed E-state index contributed by atoms with van der Waals surface area (Å²) in [5, 5.41) is 5.44. The number of unbranched alkanes of at least 4 members (excludes halogenated alkanes) is 1. The first-order chi connectivity index (χ1) is 19.9. The molecule has 2 amide bonds. The molecule has 2 aliphatic carbocycles. The molecule has 2 heterocycles. The van der Waals surface area contributed by atoms with Crippen molar-refractivity contribution in [2.75, 3.05) is 0 Å². The number of rotatable bonds is 10. The number of aromatic nitrogens is 2. The first-order valence-corrected chi connectivity index (χ1v) is 16.0. The van der Waals surface area contributed by atoms with E-state index in [2.05, 4.69) is 10.4 Å². The molecule has 1 aliphatic heterocycles. The lowest BCUT2D eigenvalue weighted by Crippen LogP contribution is -2.59. The van der Waals surface area contributed by atoms with E-state index in [1.165, 1.54) is 10.9 Å². The van der Waals surface area contributed by atoms with Gasteiger partial charge in [-0.3, -0.25) is 14.3 Å². The van der Waals surface area contributed by atoms with Gasteiger partial charge in [0.25, 0.3) is 11.8 Å². The predicted molar refractivity (Wildman–Crippen MR) is 151 cm³/mol. The highest BCUT2D eigenvalue weighted by atomic mass is 32.2. The second-order valence-electron chi connectivity index (χ2n) is 11.3. The van der Waals surface area contributed by atoms with Gasteiger partial charge in [-0.2, -0.15) is 18.3 Å². The largest absolute Gasteiger partial charge is 0.416 e. The third-order valence-corrected chi connectivity index (χ3v) is 10.00. The minimum absolute atomic E-state index is 0.150. The number of hydrogen-bond acceptors (Lipinski definition) is 5. The summed E-state index contributed by atoms with van der Waals surface area (Å²) in [6.45, 7) is 2.40. The minimum atomic E-state index is -4.96. The lowest BCUT2D eigenvalue weighted by molar-refractivity contribution is -0.202. The quantitative estimate of drug-likeness (QED) is 0.298. The minimum Gasteiger partial charge on any atom is -0.334 e. The summed E-state index contributed by atoms with van der Waals surface area (Å²) >= 11 is 0. The van der Waals surface area contributed by atoms with Crippen molar-refractivity contribution < 1.29 is 31.2 Å². The van der Waals surface area contributed by atoms with E-state index < -0.39 is 50.8 Å². The Labute approximate surface area is 243 Å². The van der Waals surface area contributed by atoms with E-state index in [0.717, 1.165) is 55.8 Å². The standard InChI is InChI=1S/C30H35F3N4O4S/c1-2-3-4-5-8-15-37-19-23(18-34-37)29(30(31,32)33)17-25(22-12-11-20-9-6-7-10-21(20)16-22)26(27(38)35-29)28(39)36-42(40,41)24-13-14-24/h4-5,11-12,16,18-19,24H,2-3,6-10,13-15,17H2,1H3,(H,35,38)(H,36,39)/b5-4+/t29-/m0/s1. The monoisotopic (exact) mass is 604 g/mol. The summed E-state index contributed by atoms with van der Waals surface area (Å²) in [4.78, 5) is 26.8. The molecule has 1 aromatic carbocycles. The summed E-state index contributed by atoms with van der Waals surface area (Å²) in [5.41, 5.74) is -1.59. The Morgan fingerprint density at radius 1 is 1.17 bits per heavy atom. The first kappa shape index (κ1) is 30.1. The summed E-state index contributed by atoms with van der Waals surface area (Å²) in [7, 11) is -4.05. The lowest BCUT2D eigenvalue weighted by Gasteiger charge is -2.40. The van der Waals surface area contributed by atoms with Gasteiger partial charge >= 0.3 is 6.18 Å². The molecule has 0 unspecified atom stereocenters. The molecule has 5 rings (SSSR count). The van der Waals surface area contributed by atoms with Crippen LogP contribution in [0.25, 0.3) is 5.57 Å². The number of carbonyl (C=O) groups excluding carboxylic acids is 2. The van der Waals surface area contributed by atoms with Crippen molar-refractivity contribution >= 4 is 27.4 Å². The van der Waals surface area contributed by atoms with Gasteiger partial charge in [0.2, 0.25) is 10.0 Å². The average Bonchev–Trinajstić information content (AvgIpc) is 3.71. The van der Waals surface area contributed by atoms with E-state index in [-0.39, 0.29) is 11.1 Å². The van der Waals surface area contributed by atoms with Crippen LogP contribution in [0.4, 0.5) is 13.2 Å². The highest BCUT2D eigenvalue weighted by molar-refractivity contribution is 7.91. The second-order valence-corrected chi connectivity index (χ2v) is 13.3. The number of benzene rings is 1. The van der Waals surface area contributed by atoms with Crippen LogP contribution in [0.15, 0.2) is 48.3 Å². The van der Waals surface area contributed by atoms with Gasteiger partial charge in [0.05, 0.1) is 11.4 Å². The number of sulfonamides is 1. The van der Waals surface area contributed by atoms with Crippen LogP contribution in [-0.4, -0.2) is 41.4 Å². The van der Waals surface area contributed by atoms with Crippen molar-refractivity contribution in [1.82, 2.24) is 19.8 Å². The zero-order chi connectivity index (χ0) is 30.1. The van der Waals surface area contributed by atoms with Gasteiger partial charge in [0, 0.05) is 24.7 Å². The molecule has 1 aromatic heterocycles. The Bertz CT molecular complexity index is 1540. The second kappa shape index (κ2) is 11.7. The maximum Gasteiger partial charge on any atom is 0.416 e. The van der Waals surface area contributed by atoms with Gasteiger partial charge in [-0.05, 0) is 73.6 Å². The summed E-state index contributed by atoms with van der Waals surface area (Å²) in [6, 6.07) is 5.17. The van der Waals surface area contributed by atoms with Crippen molar-refractivity contribution in [3.8, 4) is 0 Å². The van der Waals surface area contributed by atoms with Crippen LogP contribution < -0.4 is 10.0 Å². The molecule has 0 saturated heterocycles. The number of fused-ring (bicyclic) bond motifs is 1. The number of amides is 2. The average molecular weight is 605 g/mol. The number of alkyl halides is 3. The Kier molecular flexibility index (Phi) is 8.37. The summed E-state index contributed by atoms with van der Waals surface area (Å²) < 4.78 is 73.6. The molecular formula is C30H35F3N4O4S. The molecule has 2 N–H and O–H groups in total. The number of nitrogens with zero attached hydrogens (tertiary/aromatic N) is 2. The molecule has 12 heteroatoms. The third-order valence-electron chi connectivity index (χ3n) is 8.18. The van der Waals surface area contributed by atoms with Crippen LogP contribution in [0.2, 0.25) is 0 Å². The van der Waals surface area contributed by atoms with Gasteiger partial charge < -0.3 is 5.32 Å². The number of allylic oxidation sites excluding steroid dienone is 2. The molecule has 1 fully saturated rings. The fourth-order valence-electron chi connectivity index (χ4n) is 5.67. The molecule has 0 bridgehead atoms. The fraction of sp³-hybridized carbons (Fsp3) is 0.500. The van der Waals surface area contributed by atoms with E-state index in [0.29, 0.717) is 31.4 Å². The van der Waals surface area contributed by atoms with Gasteiger partial charge in [-0.15, -0.1) is 0 Å². The Morgan fingerprint density at radius 2 is 1.88 bits per heavy atom. The van der Waals surface area contributed by atoms with Crippen LogP contribution in [0.3, 0.4) is 0 Å². The van der Waals surface area contributed by atoms with Crippen LogP contribution in [0, 0.1) is 0 Å². The normalized spacial score (nSPS) is 21.4. The Morgan fingerprint density at radius 3 is 2.57 bits per heavy atom. The van der Waals surface area contributed by atoms with Crippen LogP contribution in [-0.2, 0) is 44.5 Å². The maximum atomic E-state index is 15.0. The molecule has 1 atom stereocenters. The highest BCUT2D eigenvalue weighted by Gasteiger charge is 2.61. The SMILES string of the molecule is CCC/C=C/CCn1cc([C@]2(C(F)(F)F)CC(c3ccc4c(c3)CCCC4)=C(C(=O)NS(=O)(=O)C3CC3)C(=O)N2)cn1. The molecule has 1 saturated carbocycles. The highest BCUT2D eigenvalue weighted by Crippen LogP contribution is 2.48. The van der Waals surface area contributed by atoms with Gasteiger partial charge in [-0.25, -0.2) is 13.1 Å². The molecule has 8 nitrogen and oxygen atoms in total. The summed E-state index contributed by atoms with van der Waals surface area (Å²) in [5.74, 6) is -2.51. The van der Waals surface area contributed by atoms with Gasteiger partial charge in [0.15, 0.2) is 5.54 Å². The zero-order valence-corrected chi connectivity index (χ0v) is 24.3. The molecule has 226 valence electrons. The number of hydrogen-bond donors (Lipinski definition) is 2. The van der Waals surface area contributed by atoms with E-state index >= 15 is 13.2 Å². The van der Waals surface area contributed by atoms with Crippen molar-refractivity contribution in [2.45, 2.75) is 94.6 Å². The van der Waals surface area contributed by atoms with Crippen LogP contribution in [0.5, 0.6) is 0 Å². The van der Waals surface area contributed by atoms with Crippen LogP contribution >= 0.6 is 0 Å². The number of halogens is 3. The Balaban J connectivity index is 1.57. The van der Waals surface area contributed by atoms with E-state index in [1.54, 1.807) is 12.1 Å². The van der Waals surface area contributed by atoms with Crippen molar-refractivity contribution in [3.63, 3.8) is 0 Å². The Hall–Kier alpha value is -3.41. The topological polar surface area (TPSA) is 110 Å². The van der Waals surface area contributed by atoms with Crippen molar-refractivity contribution in [3.05, 3.63) is 70.6 Å². The molecular weight excluding hydrogens is 569 g/mol. The molecule has 2 aromatic rings. The van der Waals surface area contributed by atoms with Crippen LogP contribution in [0.1, 0.15) is 80.5 Å². The maximum absolute atomic E-state index is 15.0. The predicted octanol–water partition coefficient (Wildman–Crippen LogP) is 4.85. The van der Waals surface area contributed by atoms with E-state index in [1.807, 2.05) is 29.9 Å². The van der Waals surface area contributed by atoms with Crippen molar-refractivity contribution in [1.29, 1.82) is 0 Å². The van der Waals surface area contributed by atoms with E-state index in [4.69, 9.17) is 0 Å². The zero-order valence-electron chi connectivity index (χ0n) is 23.5.